The number of aromatic nitrogens is 2. The minimum Gasteiger partial charge on any atom is -0.233 e. The summed E-state index contributed by atoms with van der Waals surface area (Å²) in [5.41, 5.74) is 3.15. The Labute approximate surface area is 118 Å². The molecule has 0 aliphatic carbocycles. The van der Waals surface area contributed by atoms with Crippen molar-refractivity contribution in [3.8, 4) is 5.69 Å². The number of hydrogen-bond donors (Lipinski definition) is 0. The Morgan fingerprint density at radius 3 is 2.78 bits per heavy atom. The van der Waals surface area contributed by atoms with Crippen LogP contribution in [0.15, 0.2) is 48.7 Å². The molecule has 3 rings (SSSR count). The van der Waals surface area contributed by atoms with Crippen molar-refractivity contribution in [3.63, 3.8) is 0 Å². The summed E-state index contributed by atoms with van der Waals surface area (Å²) in [6, 6.07) is 14.0. The van der Waals surface area contributed by atoms with Crippen LogP contribution in [0.1, 0.15) is 5.56 Å². The third-order valence-electron chi connectivity index (χ3n) is 2.93. The fourth-order valence-electron chi connectivity index (χ4n) is 2.04. The Balaban J connectivity index is 2.30. The van der Waals surface area contributed by atoms with Gasteiger partial charge in [-0.3, -0.25) is 0 Å². The summed E-state index contributed by atoms with van der Waals surface area (Å²) < 4.78 is 1.93. The van der Waals surface area contributed by atoms with Gasteiger partial charge in [0.15, 0.2) is 0 Å². The van der Waals surface area contributed by atoms with Crippen molar-refractivity contribution in [1.82, 2.24) is 9.78 Å². The summed E-state index contributed by atoms with van der Waals surface area (Å²) in [7, 11) is 0. The van der Waals surface area contributed by atoms with Crippen molar-refractivity contribution in [2.45, 2.75) is 5.33 Å². The molecule has 1 heterocycles. The van der Waals surface area contributed by atoms with Crippen LogP contribution in [0, 0.1) is 0 Å². The maximum atomic E-state index is 6.23. The number of fused-ring (bicyclic) bond motifs is 1. The number of halogens is 2. The first-order valence-corrected chi connectivity index (χ1v) is 7.07. The first-order valence-electron chi connectivity index (χ1n) is 5.58. The van der Waals surface area contributed by atoms with Gasteiger partial charge in [0.25, 0.3) is 0 Å². The van der Waals surface area contributed by atoms with Crippen molar-refractivity contribution in [3.05, 3.63) is 59.2 Å². The summed E-state index contributed by atoms with van der Waals surface area (Å²) in [5.74, 6) is 0. The van der Waals surface area contributed by atoms with E-state index in [1.807, 2.05) is 41.2 Å². The molecule has 2 aromatic carbocycles. The highest BCUT2D eigenvalue weighted by molar-refractivity contribution is 9.08. The van der Waals surface area contributed by atoms with E-state index in [0.717, 1.165) is 27.2 Å². The molecule has 0 spiro atoms. The molecule has 0 saturated carbocycles. The van der Waals surface area contributed by atoms with Crippen molar-refractivity contribution in [2.75, 3.05) is 0 Å². The summed E-state index contributed by atoms with van der Waals surface area (Å²) >= 11 is 9.71. The molecular formula is C14H10BrClN2. The Bertz CT molecular complexity index is 706. The van der Waals surface area contributed by atoms with E-state index in [1.54, 1.807) is 0 Å². The van der Waals surface area contributed by atoms with Gasteiger partial charge in [-0.1, -0.05) is 51.8 Å². The molecule has 2 nitrogen and oxygen atoms in total. The highest BCUT2D eigenvalue weighted by atomic mass is 79.9. The summed E-state index contributed by atoms with van der Waals surface area (Å²) in [6.45, 7) is 0. The average Bonchev–Trinajstić information content (AvgIpc) is 2.82. The second-order valence-electron chi connectivity index (χ2n) is 3.99. The predicted molar refractivity (Wildman–Crippen MR) is 78.7 cm³/mol. The van der Waals surface area contributed by atoms with Gasteiger partial charge in [0.05, 0.1) is 17.4 Å². The van der Waals surface area contributed by atoms with Gasteiger partial charge < -0.3 is 0 Å². The van der Waals surface area contributed by atoms with E-state index in [9.17, 15) is 0 Å². The Morgan fingerprint density at radius 1 is 1.11 bits per heavy atom. The van der Waals surface area contributed by atoms with Crippen LogP contribution in [-0.2, 0) is 5.33 Å². The van der Waals surface area contributed by atoms with Crippen molar-refractivity contribution >= 4 is 38.4 Å². The van der Waals surface area contributed by atoms with E-state index in [1.165, 1.54) is 0 Å². The molecule has 0 radical (unpaired) electrons. The summed E-state index contributed by atoms with van der Waals surface area (Å²) in [6.07, 6.45) is 1.87. The van der Waals surface area contributed by atoms with Gasteiger partial charge in [0.2, 0.25) is 0 Å². The highest BCUT2D eigenvalue weighted by Gasteiger charge is 2.10. The fourth-order valence-corrected chi connectivity index (χ4v) is 3.03. The van der Waals surface area contributed by atoms with E-state index < -0.39 is 0 Å². The normalized spacial score (nSPS) is 11.0. The molecule has 0 unspecified atom stereocenters. The lowest BCUT2D eigenvalue weighted by atomic mass is 10.2. The van der Waals surface area contributed by atoms with Crippen LogP contribution < -0.4 is 0 Å². The zero-order valence-electron chi connectivity index (χ0n) is 9.48. The second kappa shape index (κ2) is 4.75. The van der Waals surface area contributed by atoms with Crippen LogP contribution in [0.3, 0.4) is 0 Å². The number of para-hydroxylation sites is 1. The number of benzene rings is 2. The standard InChI is InChI=1S/C14H10BrClN2/c15-8-11-12(16)5-3-7-14(11)18-13-6-2-1-4-10(13)9-17-18/h1-7,9H,8H2. The third kappa shape index (κ3) is 1.84. The molecule has 0 N–H and O–H groups in total. The molecule has 0 aliphatic rings. The lowest BCUT2D eigenvalue weighted by molar-refractivity contribution is 0.901. The van der Waals surface area contributed by atoms with Crippen LogP contribution in [0.4, 0.5) is 0 Å². The number of rotatable bonds is 2. The first-order chi connectivity index (χ1) is 8.81. The van der Waals surface area contributed by atoms with E-state index in [4.69, 9.17) is 11.6 Å². The SMILES string of the molecule is Clc1cccc(-n2ncc3ccccc32)c1CBr. The van der Waals surface area contributed by atoms with Crippen LogP contribution in [-0.4, -0.2) is 9.78 Å². The molecule has 0 aliphatic heterocycles. The number of alkyl halides is 1. The van der Waals surface area contributed by atoms with Crippen LogP contribution in [0.5, 0.6) is 0 Å². The van der Waals surface area contributed by atoms with Gasteiger partial charge in [-0.05, 0) is 18.2 Å². The van der Waals surface area contributed by atoms with Gasteiger partial charge in [-0.2, -0.15) is 5.10 Å². The van der Waals surface area contributed by atoms with E-state index in [-0.39, 0.29) is 0 Å². The molecule has 18 heavy (non-hydrogen) atoms. The maximum Gasteiger partial charge on any atom is 0.0741 e. The first kappa shape index (κ1) is 11.8. The fraction of sp³-hybridized carbons (Fsp3) is 0.0714. The van der Waals surface area contributed by atoms with Crippen LogP contribution >= 0.6 is 27.5 Å². The summed E-state index contributed by atoms with van der Waals surface area (Å²) in [4.78, 5) is 0. The quantitative estimate of drug-likeness (QED) is 0.632. The minimum absolute atomic E-state index is 0.705. The second-order valence-corrected chi connectivity index (χ2v) is 4.95. The molecule has 1 aromatic heterocycles. The Kier molecular flexibility index (Phi) is 3.10. The van der Waals surface area contributed by atoms with Gasteiger partial charge >= 0.3 is 0 Å². The third-order valence-corrected chi connectivity index (χ3v) is 3.85. The number of hydrogen-bond acceptors (Lipinski definition) is 1. The van der Waals surface area contributed by atoms with E-state index in [0.29, 0.717) is 5.33 Å². The molecule has 0 fully saturated rings. The molecule has 3 aromatic rings. The Morgan fingerprint density at radius 2 is 1.94 bits per heavy atom. The van der Waals surface area contributed by atoms with E-state index >= 15 is 0 Å². The highest BCUT2D eigenvalue weighted by Crippen LogP contribution is 2.27. The van der Waals surface area contributed by atoms with Crippen molar-refractivity contribution < 1.29 is 0 Å². The molecular weight excluding hydrogens is 312 g/mol. The van der Waals surface area contributed by atoms with Crippen LogP contribution in [0.2, 0.25) is 5.02 Å². The summed E-state index contributed by atoms with van der Waals surface area (Å²) in [5, 5.41) is 7.03. The predicted octanol–water partition coefficient (Wildman–Crippen LogP) is 4.57. The topological polar surface area (TPSA) is 17.8 Å². The monoisotopic (exact) mass is 320 g/mol. The van der Waals surface area contributed by atoms with Gasteiger partial charge in [0.1, 0.15) is 0 Å². The molecule has 0 amide bonds. The number of nitrogens with zero attached hydrogens (tertiary/aromatic N) is 2. The minimum atomic E-state index is 0.705. The Hall–Kier alpha value is -1.32. The van der Waals surface area contributed by atoms with Crippen molar-refractivity contribution in [1.29, 1.82) is 0 Å². The lowest BCUT2D eigenvalue weighted by Crippen LogP contribution is -2.00. The largest absolute Gasteiger partial charge is 0.233 e. The molecule has 0 saturated heterocycles. The zero-order chi connectivity index (χ0) is 12.5. The smallest absolute Gasteiger partial charge is 0.0741 e. The maximum absolute atomic E-state index is 6.23. The molecule has 90 valence electrons. The molecule has 0 atom stereocenters. The van der Waals surface area contributed by atoms with Crippen molar-refractivity contribution in [2.24, 2.45) is 0 Å². The van der Waals surface area contributed by atoms with Gasteiger partial charge in [0, 0.05) is 21.3 Å². The average molecular weight is 322 g/mol. The van der Waals surface area contributed by atoms with Crippen LogP contribution in [0.25, 0.3) is 16.6 Å². The van der Waals surface area contributed by atoms with E-state index in [2.05, 4.69) is 33.2 Å². The van der Waals surface area contributed by atoms with Gasteiger partial charge in [-0.15, -0.1) is 0 Å². The molecule has 0 bridgehead atoms. The lowest BCUT2D eigenvalue weighted by Gasteiger charge is -2.10. The zero-order valence-corrected chi connectivity index (χ0v) is 11.8. The molecule has 4 heteroatoms. The van der Waals surface area contributed by atoms with Gasteiger partial charge in [-0.25, -0.2) is 4.68 Å².